The number of methoxy groups -OCH3 is 1. The van der Waals surface area contributed by atoms with Gasteiger partial charge >= 0.3 is 0 Å². The van der Waals surface area contributed by atoms with E-state index in [1.165, 1.54) is 29.5 Å². The Labute approximate surface area is 161 Å². The molecule has 1 atom stereocenters. The Morgan fingerprint density at radius 2 is 1.89 bits per heavy atom. The Hall–Kier alpha value is -2.46. The number of rotatable bonds is 3. The lowest BCUT2D eigenvalue weighted by Crippen LogP contribution is -2.28. The second kappa shape index (κ2) is 7.28. The molecule has 4 heteroatoms. The van der Waals surface area contributed by atoms with Gasteiger partial charge in [0, 0.05) is 29.1 Å². The van der Waals surface area contributed by atoms with E-state index in [0.29, 0.717) is 5.92 Å². The summed E-state index contributed by atoms with van der Waals surface area (Å²) in [4.78, 5) is 9.91. The molecule has 4 nitrogen and oxygen atoms in total. The van der Waals surface area contributed by atoms with Crippen molar-refractivity contribution in [2.75, 3.05) is 20.2 Å². The Kier molecular flexibility index (Phi) is 4.83. The highest BCUT2D eigenvalue weighted by Crippen LogP contribution is 2.34. The lowest BCUT2D eigenvalue weighted by molar-refractivity contribution is 0.415. The Bertz CT molecular complexity index is 991. The number of hydrogen-bond donors (Lipinski definition) is 1. The van der Waals surface area contributed by atoms with E-state index >= 15 is 0 Å². The van der Waals surface area contributed by atoms with Crippen LogP contribution in [0.5, 0.6) is 5.75 Å². The topological polar surface area (TPSA) is 47.0 Å². The summed E-state index contributed by atoms with van der Waals surface area (Å²) in [5, 5.41) is 4.61. The Morgan fingerprint density at radius 1 is 1.04 bits per heavy atom. The number of piperidine rings is 1. The normalized spacial score (nSPS) is 17.3. The molecule has 1 aromatic carbocycles. The third kappa shape index (κ3) is 3.42. The summed E-state index contributed by atoms with van der Waals surface area (Å²) in [7, 11) is 1.72. The van der Waals surface area contributed by atoms with Gasteiger partial charge in [-0.25, -0.2) is 9.97 Å². The monoisotopic (exact) mass is 361 g/mol. The van der Waals surface area contributed by atoms with Gasteiger partial charge in [-0.3, -0.25) is 0 Å². The van der Waals surface area contributed by atoms with Crippen LogP contribution in [-0.2, 0) is 0 Å². The number of nitrogens with one attached hydrogen (secondary N) is 1. The molecule has 140 valence electrons. The molecule has 1 aliphatic rings. The third-order valence-electron chi connectivity index (χ3n) is 5.53. The van der Waals surface area contributed by atoms with Crippen molar-refractivity contribution in [3.05, 3.63) is 52.7 Å². The van der Waals surface area contributed by atoms with Crippen molar-refractivity contribution in [2.24, 2.45) is 0 Å². The summed E-state index contributed by atoms with van der Waals surface area (Å²) >= 11 is 0. The second-order valence-corrected chi connectivity index (χ2v) is 7.63. The van der Waals surface area contributed by atoms with E-state index in [1.54, 1.807) is 7.11 Å². The smallest absolute Gasteiger partial charge is 0.160 e. The van der Waals surface area contributed by atoms with Crippen LogP contribution in [-0.4, -0.2) is 30.2 Å². The molecule has 4 rings (SSSR count). The van der Waals surface area contributed by atoms with Crippen LogP contribution in [0.3, 0.4) is 0 Å². The average molecular weight is 361 g/mol. The van der Waals surface area contributed by atoms with Crippen molar-refractivity contribution in [1.82, 2.24) is 15.3 Å². The molecule has 1 saturated heterocycles. The molecule has 1 fully saturated rings. The quantitative estimate of drug-likeness (QED) is 0.735. The van der Waals surface area contributed by atoms with Gasteiger partial charge in [0.05, 0.1) is 12.8 Å². The first-order chi connectivity index (χ1) is 13.1. The molecule has 0 amide bonds. The maximum absolute atomic E-state index is 5.65. The van der Waals surface area contributed by atoms with Gasteiger partial charge in [-0.05, 0) is 81.1 Å². The summed E-state index contributed by atoms with van der Waals surface area (Å²) in [6.45, 7) is 8.46. The predicted octanol–water partition coefficient (Wildman–Crippen LogP) is 4.70. The fourth-order valence-corrected chi connectivity index (χ4v) is 4.17. The SMILES string of the molecule is COc1cc(C)cc(C)c1-c1ccc2c(C)cc(C3CCCNC3)nc2n1. The van der Waals surface area contributed by atoms with Crippen molar-refractivity contribution < 1.29 is 4.74 Å². The van der Waals surface area contributed by atoms with Crippen molar-refractivity contribution in [2.45, 2.75) is 39.5 Å². The van der Waals surface area contributed by atoms with Crippen LogP contribution in [0.25, 0.3) is 22.3 Å². The number of benzene rings is 1. The molecular formula is C23H27N3O. The number of aromatic nitrogens is 2. The van der Waals surface area contributed by atoms with Crippen LogP contribution in [0.4, 0.5) is 0 Å². The zero-order valence-corrected chi connectivity index (χ0v) is 16.6. The molecule has 0 bridgehead atoms. The zero-order chi connectivity index (χ0) is 19.0. The number of ether oxygens (including phenoxy) is 1. The number of pyridine rings is 2. The van der Waals surface area contributed by atoms with Gasteiger partial charge in [0.15, 0.2) is 5.65 Å². The molecular weight excluding hydrogens is 334 g/mol. The van der Waals surface area contributed by atoms with Crippen LogP contribution < -0.4 is 10.1 Å². The molecule has 27 heavy (non-hydrogen) atoms. The van der Waals surface area contributed by atoms with Gasteiger partial charge in [0.1, 0.15) is 5.75 Å². The minimum atomic E-state index is 0.475. The van der Waals surface area contributed by atoms with E-state index in [1.807, 2.05) is 0 Å². The highest BCUT2D eigenvalue weighted by Gasteiger charge is 2.19. The molecule has 3 heterocycles. The lowest BCUT2D eigenvalue weighted by Gasteiger charge is -2.23. The van der Waals surface area contributed by atoms with Gasteiger partial charge < -0.3 is 10.1 Å². The Morgan fingerprint density at radius 3 is 2.63 bits per heavy atom. The van der Waals surface area contributed by atoms with Gasteiger partial charge in [-0.1, -0.05) is 6.07 Å². The van der Waals surface area contributed by atoms with Gasteiger partial charge in [-0.15, -0.1) is 0 Å². The molecule has 0 radical (unpaired) electrons. The van der Waals surface area contributed by atoms with Crippen LogP contribution >= 0.6 is 0 Å². The van der Waals surface area contributed by atoms with E-state index in [0.717, 1.165) is 46.8 Å². The minimum absolute atomic E-state index is 0.475. The van der Waals surface area contributed by atoms with Crippen molar-refractivity contribution in [3.63, 3.8) is 0 Å². The first-order valence-corrected chi connectivity index (χ1v) is 9.71. The van der Waals surface area contributed by atoms with Crippen LogP contribution in [0, 0.1) is 20.8 Å². The highest BCUT2D eigenvalue weighted by atomic mass is 16.5. The summed E-state index contributed by atoms with van der Waals surface area (Å²) in [6, 6.07) is 10.7. The van der Waals surface area contributed by atoms with Crippen molar-refractivity contribution >= 4 is 11.0 Å². The third-order valence-corrected chi connectivity index (χ3v) is 5.53. The largest absolute Gasteiger partial charge is 0.496 e. The average Bonchev–Trinajstić information content (AvgIpc) is 2.67. The molecule has 0 spiro atoms. The number of fused-ring (bicyclic) bond motifs is 1. The maximum atomic E-state index is 5.65. The molecule has 0 saturated carbocycles. The van der Waals surface area contributed by atoms with E-state index in [4.69, 9.17) is 14.7 Å². The van der Waals surface area contributed by atoms with E-state index in [2.05, 4.69) is 56.4 Å². The second-order valence-electron chi connectivity index (χ2n) is 7.63. The van der Waals surface area contributed by atoms with E-state index in [9.17, 15) is 0 Å². The first kappa shape index (κ1) is 17.9. The first-order valence-electron chi connectivity index (χ1n) is 9.71. The fraction of sp³-hybridized carbons (Fsp3) is 0.391. The maximum Gasteiger partial charge on any atom is 0.160 e. The molecule has 3 aromatic rings. The van der Waals surface area contributed by atoms with Crippen LogP contribution in [0.1, 0.15) is 41.1 Å². The molecule has 2 aromatic heterocycles. The summed E-state index contributed by atoms with van der Waals surface area (Å²) in [6.07, 6.45) is 2.40. The van der Waals surface area contributed by atoms with E-state index < -0.39 is 0 Å². The van der Waals surface area contributed by atoms with Gasteiger partial charge in [0.25, 0.3) is 0 Å². The number of aryl methyl sites for hydroxylation is 3. The molecule has 0 aliphatic carbocycles. The highest BCUT2D eigenvalue weighted by molar-refractivity contribution is 5.83. The lowest BCUT2D eigenvalue weighted by atomic mass is 9.94. The molecule has 1 unspecified atom stereocenters. The molecule has 1 aliphatic heterocycles. The zero-order valence-electron chi connectivity index (χ0n) is 16.6. The van der Waals surface area contributed by atoms with Gasteiger partial charge in [-0.2, -0.15) is 0 Å². The van der Waals surface area contributed by atoms with Crippen LogP contribution in [0.2, 0.25) is 0 Å². The van der Waals surface area contributed by atoms with Gasteiger partial charge in [0.2, 0.25) is 0 Å². The summed E-state index contributed by atoms with van der Waals surface area (Å²) < 4.78 is 5.65. The van der Waals surface area contributed by atoms with E-state index in [-0.39, 0.29) is 0 Å². The van der Waals surface area contributed by atoms with Crippen molar-refractivity contribution in [1.29, 1.82) is 0 Å². The predicted molar refractivity (Wildman–Crippen MR) is 111 cm³/mol. The van der Waals surface area contributed by atoms with Crippen LogP contribution in [0.15, 0.2) is 30.3 Å². The number of hydrogen-bond acceptors (Lipinski definition) is 4. The minimum Gasteiger partial charge on any atom is -0.496 e. The summed E-state index contributed by atoms with van der Waals surface area (Å²) in [5.74, 6) is 1.34. The number of nitrogens with zero attached hydrogens (tertiary/aromatic N) is 2. The standard InChI is InChI=1S/C23H27N3O/c1-14-10-16(3)22(21(11-14)27-4)19-8-7-18-15(2)12-20(26-23(18)25-19)17-6-5-9-24-13-17/h7-8,10-12,17,24H,5-6,9,13H2,1-4H3. The molecule has 1 N–H and O–H groups in total. The Balaban J connectivity index is 1.84. The van der Waals surface area contributed by atoms with Crippen molar-refractivity contribution in [3.8, 4) is 17.0 Å². The summed E-state index contributed by atoms with van der Waals surface area (Å²) in [5.41, 5.74) is 7.56. The fourth-order valence-electron chi connectivity index (χ4n) is 4.17.